The van der Waals surface area contributed by atoms with Gasteiger partial charge in [0.1, 0.15) is 6.61 Å². The molecule has 0 fully saturated rings. The Morgan fingerprint density at radius 2 is 2.54 bits per heavy atom. The van der Waals surface area contributed by atoms with E-state index in [1.807, 2.05) is 5.38 Å². The van der Waals surface area contributed by atoms with Gasteiger partial charge in [0, 0.05) is 11.4 Å². The average molecular weight is 201 g/mol. The van der Waals surface area contributed by atoms with E-state index in [0.717, 1.165) is 12.1 Å². The van der Waals surface area contributed by atoms with Crippen molar-refractivity contribution in [2.24, 2.45) is 0 Å². The van der Waals surface area contributed by atoms with Crippen LogP contribution in [-0.2, 0) is 11.4 Å². The molecule has 0 aliphatic heterocycles. The molecule has 3 N–H and O–H groups in total. The molecule has 1 atom stereocenters. The van der Waals surface area contributed by atoms with Crippen molar-refractivity contribution in [1.29, 1.82) is 0 Å². The third-order valence-electron chi connectivity index (χ3n) is 1.69. The molecule has 1 rings (SSSR count). The highest BCUT2D eigenvalue weighted by molar-refractivity contribution is 7.13. The highest BCUT2D eigenvalue weighted by atomic mass is 32.1. The second kappa shape index (κ2) is 5.16. The maximum Gasteiger partial charge on any atom is 0.180 e. The van der Waals surface area contributed by atoms with Crippen LogP contribution in [0, 0.1) is 0 Å². The summed E-state index contributed by atoms with van der Waals surface area (Å²) in [4.78, 5) is 9.29. The van der Waals surface area contributed by atoms with E-state index in [2.05, 4.69) is 24.3 Å². The van der Waals surface area contributed by atoms with Crippen LogP contribution in [0.5, 0.6) is 0 Å². The van der Waals surface area contributed by atoms with E-state index in [1.165, 1.54) is 11.3 Å². The predicted octanol–water partition coefficient (Wildman–Crippen LogP) is 1.54. The number of hydrogen-bond donors (Lipinski definition) is 2. The van der Waals surface area contributed by atoms with Crippen molar-refractivity contribution in [2.45, 2.75) is 32.9 Å². The Morgan fingerprint density at radius 1 is 1.77 bits per heavy atom. The van der Waals surface area contributed by atoms with Crippen LogP contribution in [0.4, 0.5) is 5.13 Å². The average Bonchev–Trinajstić information content (AvgIpc) is 2.51. The van der Waals surface area contributed by atoms with Gasteiger partial charge in [-0.25, -0.2) is 4.98 Å². The first-order valence-electron chi connectivity index (χ1n) is 4.29. The summed E-state index contributed by atoms with van der Waals surface area (Å²) in [5.41, 5.74) is 9.26. The largest absolute Gasteiger partial charge is 0.375 e. The van der Waals surface area contributed by atoms with E-state index in [-0.39, 0.29) is 0 Å². The zero-order valence-corrected chi connectivity index (χ0v) is 8.73. The lowest BCUT2D eigenvalue weighted by Gasteiger charge is -2.09. The van der Waals surface area contributed by atoms with Crippen molar-refractivity contribution in [3.05, 3.63) is 11.1 Å². The third kappa shape index (κ3) is 3.71. The predicted molar refractivity (Wildman–Crippen MR) is 54.2 cm³/mol. The molecule has 0 bridgehead atoms. The number of aromatic nitrogens is 1. The Hall–Kier alpha value is -0.650. The molecule has 0 amide bonds. The number of hydrogen-bond acceptors (Lipinski definition) is 5. The molecule has 0 aliphatic rings. The molecular formula is C8H15N3OS. The molecule has 1 unspecified atom stereocenters. The van der Waals surface area contributed by atoms with Gasteiger partial charge in [-0.3, -0.25) is 4.84 Å². The molecule has 0 radical (unpaired) electrons. The fourth-order valence-electron chi connectivity index (χ4n) is 0.730. The van der Waals surface area contributed by atoms with E-state index in [9.17, 15) is 0 Å². The van der Waals surface area contributed by atoms with Crippen molar-refractivity contribution in [3.8, 4) is 0 Å². The van der Waals surface area contributed by atoms with Gasteiger partial charge in [-0.05, 0) is 13.3 Å². The van der Waals surface area contributed by atoms with Crippen molar-refractivity contribution in [2.75, 3.05) is 5.73 Å². The SMILES string of the molecule is CCC(C)NOCc1csc(N)n1. The number of nitrogens with zero attached hydrogens (tertiary/aromatic N) is 1. The lowest BCUT2D eigenvalue weighted by atomic mass is 10.3. The van der Waals surface area contributed by atoms with E-state index >= 15 is 0 Å². The van der Waals surface area contributed by atoms with Crippen LogP contribution in [-0.4, -0.2) is 11.0 Å². The van der Waals surface area contributed by atoms with Gasteiger partial charge in [-0.15, -0.1) is 11.3 Å². The van der Waals surface area contributed by atoms with Gasteiger partial charge in [0.2, 0.25) is 0 Å². The molecule has 4 nitrogen and oxygen atoms in total. The molecule has 74 valence electrons. The molecular weight excluding hydrogens is 186 g/mol. The minimum Gasteiger partial charge on any atom is -0.375 e. The number of anilines is 1. The van der Waals surface area contributed by atoms with Crippen molar-refractivity contribution < 1.29 is 4.84 Å². The molecule has 13 heavy (non-hydrogen) atoms. The standard InChI is InChI=1S/C8H15N3OS/c1-3-6(2)11-12-4-7-5-13-8(9)10-7/h5-6,11H,3-4H2,1-2H3,(H2,9,10). The number of thiazole rings is 1. The molecule has 0 aliphatic carbocycles. The van der Waals surface area contributed by atoms with Gasteiger partial charge < -0.3 is 5.73 Å². The van der Waals surface area contributed by atoms with E-state index in [0.29, 0.717) is 17.8 Å². The molecule has 5 heteroatoms. The number of nitrogens with one attached hydrogen (secondary N) is 1. The van der Waals surface area contributed by atoms with Crippen LogP contribution in [0.2, 0.25) is 0 Å². The first-order chi connectivity index (χ1) is 6.22. The summed E-state index contributed by atoms with van der Waals surface area (Å²) in [5.74, 6) is 0. The summed E-state index contributed by atoms with van der Waals surface area (Å²) in [5, 5.41) is 2.48. The number of hydroxylamine groups is 1. The van der Waals surface area contributed by atoms with Gasteiger partial charge in [0.05, 0.1) is 5.69 Å². The Kier molecular flexibility index (Phi) is 4.14. The van der Waals surface area contributed by atoms with Gasteiger partial charge in [0.15, 0.2) is 5.13 Å². The van der Waals surface area contributed by atoms with Crippen molar-refractivity contribution >= 4 is 16.5 Å². The molecule has 1 aromatic rings. The summed E-state index contributed by atoms with van der Waals surface area (Å²) < 4.78 is 0. The number of nitrogens with two attached hydrogens (primary N) is 1. The van der Waals surface area contributed by atoms with Crippen LogP contribution < -0.4 is 11.2 Å². The highest BCUT2D eigenvalue weighted by Gasteiger charge is 2.00. The summed E-state index contributed by atoms with van der Waals surface area (Å²) in [6.07, 6.45) is 1.04. The fraction of sp³-hybridized carbons (Fsp3) is 0.625. The molecule has 1 heterocycles. The zero-order valence-electron chi connectivity index (χ0n) is 7.91. The topological polar surface area (TPSA) is 60.2 Å². The third-order valence-corrected chi connectivity index (χ3v) is 2.41. The first kappa shape index (κ1) is 10.4. The lowest BCUT2D eigenvalue weighted by Crippen LogP contribution is -2.25. The van der Waals surface area contributed by atoms with E-state index < -0.39 is 0 Å². The number of nitrogen functional groups attached to an aromatic ring is 1. The molecule has 0 saturated heterocycles. The number of rotatable bonds is 5. The van der Waals surface area contributed by atoms with Gasteiger partial charge in [-0.1, -0.05) is 6.92 Å². The van der Waals surface area contributed by atoms with Crippen LogP contribution in [0.1, 0.15) is 26.0 Å². The van der Waals surface area contributed by atoms with Crippen LogP contribution in [0.3, 0.4) is 0 Å². The quantitative estimate of drug-likeness (QED) is 0.709. The minimum atomic E-state index is 0.371. The zero-order chi connectivity index (χ0) is 9.68. The van der Waals surface area contributed by atoms with Gasteiger partial charge >= 0.3 is 0 Å². The summed E-state index contributed by atoms with van der Waals surface area (Å²) in [7, 11) is 0. The highest BCUT2D eigenvalue weighted by Crippen LogP contribution is 2.11. The summed E-state index contributed by atoms with van der Waals surface area (Å²) >= 11 is 1.43. The molecule has 0 aromatic carbocycles. The van der Waals surface area contributed by atoms with Crippen LogP contribution in [0.15, 0.2) is 5.38 Å². The Morgan fingerprint density at radius 3 is 3.08 bits per heavy atom. The summed E-state index contributed by atoms with van der Waals surface area (Å²) in [6, 6.07) is 0.371. The molecule has 0 saturated carbocycles. The fourth-order valence-corrected chi connectivity index (χ4v) is 1.28. The smallest absolute Gasteiger partial charge is 0.180 e. The monoisotopic (exact) mass is 201 g/mol. The van der Waals surface area contributed by atoms with E-state index in [1.54, 1.807) is 0 Å². The van der Waals surface area contributed by atoms with Gasteiger partial charge in [-0.2, -0.15) is 5.48 Å². The maximum absolute atomic E-state index is 5.47. The molecule has 1 aromatic heterocycles. The van der Waals surface area contributed by atoms with Crippen molar-refractivity contribution in [1.82, 2.24) is 10.5 Å². The molecule has 0 spiro atoms. The lowest BCUT2D eigenvalue weighted by molar-refractivity contribution is 0.00542. The summed E-state index contributed by atoms with van der Waals surface area (Å²) in [6.45, 7) is 4.63. The van der Waals surface area contributed by atoms with Crippen LogP contribution >= 0.6 is 11.3 Å². The van der Waals surface area contributed by atoms with E-state index in [4.69, 9.17) is 10.6 Å². The second-order valence-electron chi connectivity index (χ2n) is 2.89. The van der Waals surface area contributed by atoms with Crippen LogP contribution in [0.25, 0.3) is 0 Å². The van der Waals surface area contributed by atoms with Gasteiger partial charge in [0.25, 0.3) is 0 Å². The Labute approximate surface area is 82.1 Å². The second-order valence-corrected chi connectivity index (χ2v) is 3.78. The Bertz CT molecular complexity index is 251. The minimum absolute atomic E-state index is 0.371. The normalized spacial score (nSPS) is 13.1. The maximum atomic E-state index is 5.47. The first-order valence-corrected chi connectivity index (χ1v) is 5.17. The Balaban J connectivity index is 2.20. The van der Waals surface area contributed by atoms with Crippen molar-refractivity contribution in [3.63, 3.8) is 0 Å².